The highest BCUT2D eigenvalue weighted by molar-refractivity contribution is 14.0. The molecule has 136 valence electrons. The van der Waals surface area contributed by atoms with Gasteiger partial charge < -0.3 is 19.5 Å². The minimum atomic E-state index is 0. The molecule has 0 saturated carbocycles. The fraction of sp³-hybridized carbons (Fsp3) is 0.500. The first-order chi connectivity index (χ1) is 11.7. The molecule has 2 aromatic heterocycles. The molecular weight excluding hydrogens is 433 g/mol. The molecule has 1 N–H and O–H groups in total. The standard InChI is InChI=1S/C16H23N7O.HI/c1-12-20-21-14(22(12)3)10-19-16(17-2)23-9-7-13(11-23)24-15-6-4-5-8-18-15;/h4-6,8,13H,7,9-11H2,1-3H3,(H,17,19);1H. The van der Waals surface area contributed by atoms with E-state index in [1.165, 1.54) is 0 Å². The maximum Gasteiger partial charge on any atom is 0.213 e. The first kappa shape index (κ1) is 19.4. The van der Waals surface area contributed by atoms with Crippen LogP contribution in [0.2, 0.25) is 0 Å². The number of aryl methyl sites for hydroxylation is 1. The third-order valence-electron chi connectivity index (χ3n) is 4.17. The number of aromatic nitrogens is 4. The Morgan fingerprint density at radius 1 is 1.40 bits per heavy atom. The molecule has 0 amide bonds. The summed E-state index contributed by atoms with van der Waals surface area (Å²) in [5.74, 6) is 3.30. The summed E-state index contributed by atoms with van der Waals surface area (Å²) < 4.78 is 7.89. The largest absolute Gasteiger partial charge is 0.472 e. The maximum absolute atomic E-state index is 5.92. The fourth-order valence-corrected chi connectivity index (χ4v) is 2.70. The van der Waals surface area contributed by atoms with Crippen LogP contribution in [0.3, 0.4) is 0 Å². The quantitative estimate of drug-likeness (QED) is 0.425. The molecule has 0 radical (unpaired) electrons. The lowest BCUT2D eigenvalue weighted by Gasteiger charge is -2.21. The number of aliphatic imine (C=N–C) groups is 1. The SMILES string of the molecule is CN=C(NCc1nnc(C)n1C)N1CCC(Oc2ccccn2)C1.I. The van der Waals surface area contributed by atoms with Crippen LogP contribution >= 0.6 is 24.0 Å². The molecule has 2 aromatic rings. The molecule has 3 heterocycles. The number of pyridine rings is 1. The van der Waals surface area contributed by atoms with E-state index in [4.69, 9.17) is 4.74 Å². The van der Waals surface area contributed by atoms with Crippen molar-refractivity contribution in [2.75, 3.05) is 20.1 Å². The average molecular weight is 457 g/mol. The van der Waals surface area contributed by atoms with Gasteiger partial charge >= 0.3 is 0 Å². The van der Waals surface area contributed by atoms with Crippen LogP contribution in [0.4, 0.5) is 0 Å². The predicted molar refractivity (Wildman–Crippen MR) is 106 cm³/mol. The summed E-state index contributed by atoms with van der Waals surface area (Å²) in [5, 5.41) is 11.6. The zero-order chi connectivity index (χ0) is 16.9. The van der Waals surface area contributed by atoms with Crippen molar-refractivity contribution in [3.05, 3.63) is 36.0 Å². The summed E-state index contributed by atoms with van der Waals surface area (Å²) in [5.41, 5.74) is 0. The molecule has 1 aliphatic heterocycles. The molecule has 8 nitrogen and oxygen atoms in total. The van der Waals surface area contributed by atoms with Crippen LogP contribution in [0.1, 0.15) is 18.1 Å². The highest BCUT2D eigenvalue weighted by Gasteiger charge is 2.26. The number of guanidine groups is 1. The Bertz CT molecular complexity index is 704. The van der Waals surface area contributed by atoms with Gasteiger partial charge in [-0.2, -0.15) is 0 Å². The molecule has 3 rings (SSSR count). The van der Waals surface area contributed by atoms with Gasteiger partial charge in [0.2, 0.25) is 5.88 Å². The number of hydrogen-bond donors (Lipinski definition) is 1. The van der Waals surface area contributed by atoms with Crippen LogP contribution in [-0.4, -0.2) is 56.8 Å². The number of likely N-dealkylation sites (tertiary alicyclic amines) is 1. The van der Waals surface area contributed by atoms with Gasteiger partial charge in [0, 0.05) is 39.3 Å². The highest BCUT2D eigenvalue weighted by Crippen LogP contribution is 2.16. The van der Waals surface area contributed by atoms with E-state index in [-0.39, 0.29) is 30.1 Å². The smallest absolute Gasteiger partial charge is 0.213 e. The molecular formula is C16H24IN7O. The number of halogens is 1. The molecule has 25 heavy (non-hydrogen) atoms. The van der Waals surface area contributed by atoms with Crippen LogP contribution in [0, 0.1) is 6.92 Å². The summed E-state index contributed by atoms with van der Waals surface area (Å²) in [7, 11) is 3.75. The Kier molecular flexibility index (Phi) is 6.97. The molecule has 1 saturated heterocycles. The van der Waals surface area contributed by atoms with Gasteiger partial charge in [-0.1, -0.05) is 6.07 Å². The molecule has 1 fully saturated rings. The Balaban J connectivity index is 0.00000225. The van der Waals surface area contributed by atoms with E-state index >= 15 is 0 Å². The lowest BCUT2D eigenvalue weighted by molar-refractivity contribution is 0.205. The zero-order valence-electron chi connectivity index (χ0n) is 14.7. The number of nitrogens with one attached hydrogen (secondary N) is 1. The van der Waals surface area contributed by atoms with Gasteiger partial charge in [-0.15, -0.1) is 34.2 Å². The van der Waals surface area contributed by atoms with Crippen molar-refractivity contribution in [2.45, 2.75) is 26.0 Å². The second-order valence-electron chi connectivity index (χ2n) is 5.77. The Hall–Kier alpha value is -1.91. The van der Waals surface area contributed by atoms with E-state index < -0.39 is 0 Å². The number of nitrogens with zero attached hydrogens (tertiary/aromatic N) is 6. The van der Waals surface area contributed by atoms with E-state index in [1.54, 1.807) is 13.2 Å². The van der Waals surface area contributed by atoms with Crippen LogP contribution in [0.25, 0.3) is 0 Å². The molecule has 1 unspecified atom stereocenters. The van der Waals surface area contributed by atoms with Crippen molar-refractivity contribution in [3.63, 3.8) is 0 Å². The molecule has 1 aliphatic rings. The van der Waals surface area contributed by atoms with Gasteiger partial charge in [0.25, 0.3) is 0 Å². The van der Waals surface area contributed by atoms with Crippen molar-refractivity contribution in [3.8, 4) is 5.88 Å². The van der Waals surface area contributed by atoms with Gasteiger partial charge in [0.1, 0.15) is 11.9 Å². The topological polar surface area (TPSA) is 80.5 Å². The number of rotatable bonds is 4. The second kappa shape index (κ2) is 8.97. The van der Waals surface area contributed by atoms with E-state index in [0.717, 1.165) is 37.1 Å². The van der Waals surface area contributed by atoms with Gasteiger partial charge in [-0.05, 0) is 13.0 Å². The fourth-order valence-electron chi connectivity index (χ4n) is 2.70. The van der Waals surface area contributed by atoms with E-state index in [0.29, 0.717) is 12.4 Å². The molecule has 0 aromatic carbocycles. The monoisotopic (exact) mass is 457 g/mol. The van der Waals surface area contributed by atoms with Crippen LogP contribution in [0.5, 0.6) is 5.88 Å². The first-order valence-electron chi connectivity index (χ1n) is 8.05. The normalized spacial score (nSPS) is 17.3. The van der Waals surface area contributed by atoms with Crippen molar-refractivity contribution < 1.29 is 4.74 Å². The summed E-state index contributed by atoms with van der Waals surface area (Å²) >= 11 is 0. The van der Waals surface area contributed by atoms with Gasteiger partial charge in [0.05, 0.1) is 13.1 Å². The van der Waals surface area contributed by atoms with E-state index in [1.807, 2.05) is 36.7 Å². The summed E-state index contributed by atoms with van der Waals surface area (Å²) in [6.45, 7) is 4.21. The van der Waals surface area contributed by atoms with E-state index in [2.05, 4.69) is 30.4 Å². The third kappa shape index (κ3) is 4.80. The van der Waals surface area contributed by atoms with Crippen LogP contribution in [0.15, 0.2) is 29.4 Å². The Morgan fingerprint density at radius 3 is 2.88 bits per heavy atom. The van der Waals surface area contributed by atoms with Crippen molar-refractivity contribution in [1.82, 2.24) is 30.0 Å². The third-order valence-corrected chi connectivity index (χ3v) is 4.17. The molecule has 0 bridgehead atoms. The summed E-state index contributed by atoms with van der Waals surface area (Å²) in [6.07, 6.45) is 2.81. The zero-order valence-corrected chi connectivity index (χ0v) is 17.0. The van der Waals surface area contributed by atoms with Gasteiger partial charge in [-0.25, -0.2) is 4.98 Å². The van der Waals surface area contributed by atoms with Crippen molar-refractivity contribution in [1.29, 1.82) is 0 Å². The second-order valence-corrected chi connectivity index (χ2v) is 5.77. The summed E-state index contributed by atoms with van der Waals surface area (Å²) in [4.78, 5) is 10.8. The summed E-state index contributed by atoms with van der Waals surface area (Å²) in [6, 6.07) is 5.69. The molecule has 1 atom stereocenters. The van der Waals surface area contributed by atoms with E-state index in [9.17, 15) is 0 Å². The minimum Gasteiger partial charge on any atom is -0.472 e. The molecule has 0 aliphatic carbocycles. The highest BCUT2D eigenvalue weighted by atomic mass is 127. The minimum absolute atomic E-state index is 0. The predicted octanol–water partition coefficient (Wildman–Crippen LogP) is 1.37. The Labute approximate surface area is 164 Å². The number of hydrogen-bond acceptors (Lipinski definition) is 5. The van der Waals surface area contributed by atoms with Gasteiger partial charge in [-0.3, -0.25) is 4.99 Å². The van der Waals surface area contributed by atoms with Crippen molar-refractivity contribution >= 4 is 29.9 Å². The lowest BCUT2D eigenvalue weighted by atomic mass is 10.3. The average Bonchev–Trinajstić information content (AvgIpc) is 3.18. The molecule has 0 spiro atoms. The van der Waals surface area contributed by atoms with Crippen LogP contribution in [-0.2, 0) is 13.6 Å². The molecule has 9 heteroatoms. The van der Waals surface area contributed by atoms with Crippen LogP contribution < -0.4 is 10.1 Å². The Morgan fingerprint density at radius 2 is 2.24 bits per heavy atom. The van der Waals surface area contributed by atoms with Crippen molar-refractivity contribution in [2.24, 2.45) is 12.0 Å². The first-order valence-corrected chi connectivity index (χ1v) is 8.05. The maximum atomic E-state index is 5.92. The lowest BCUT2D eigenvalue weighted by Crippen LogP contribution is -2.40. The number of ether oxygens (including phenoxy) is 1. The van der Waals surface area contributed by atoms with Gasteiger partial charge in [0.15, 0.2) is 11.8 Å².